The number of hydrogen-bond donors (Lipinski definition) is 1. The molecule has 0 bridgehead atoms. The summed E-state index contributed by atoms with van der Waals surface area (Å²) in [6.45, 7) is 9.39. The molecule has 1 heterocycles. The molecule has 1 N–H and O–H groups in total. The van der Waals surface area contributed by atoms with E-state index in [1.165, 1.54) is 0 Å². The molecule has 0 aromatic rings. The third-order valence-corrected chi connectivity index (χ3v) is 4.09. The molecule has 1 amide bonds. The van der Waals surface area contributed by atoms with Crippen LogP contribution in [0.2, 0.25) is 0 Å². The van der Waals surface area contributed by atoms with Crippen LogP contribution < -0.4 is 5.32 Å². The van der Waals surface area contributed by atoms with Crippen LogP contribution >= 0.6 is 0 Å². The van der Waals surface area contributed by atoms with E-state index in [1.807, 2.05) is 4.90 Å². The van der Waals surface area contributed by atoms with E-state index >= 15 is 0 Å². The Hall–Kier alpha value is -0.610. The molecular formula is C14H29N3O. The van der Waals surface area contributed by atoms with E-state index < -0.39 is 0 Å². The number of amides is 1. The molecule has 2 atom stereocenters. The zero-order valence-electron chi connectivity index (χ0n) is 12.8. The lowest BCUT2D eigenvalue weighted by molar-refractivity contribution is -0.131. The van der Waals surface area contributed by atoms with Gasteiger partial charge in [0.1, 0.15) is 0 Å². The molecule has 0 aliphatic carbocycles. The second-order valence-electron chi connectivity index (χ2n) is 6.10. The van der Waals surface area contributed by atoms with Crippen molar-refractivity contribution < 1.29 is 4.79 Å². The first-order valence-electron chi connectivity index (χ1n) is 7.07. The fourth-order valence-electron chi connectivity index (χ4n) is 2.30. The normalized spacial score (nSPS) is 25.3. The first-order chi connectivity index (χ1) is 8.33. The monoisotopic (exact) mass is 255 g/mol. The van der Waals surface area contributed by atoms with Crippen molar-refractivity contribution in [1.29, 1.82) is 0 Å². The average Bonchev–Trinajstić information content (AvgIpc) is 2.57. The van der Waals surface area contributed by atoms with E-state index in [0.717, 1.165) is 25.8 Å². The van der Waals surface area contributed by atoms with Gasteiger partial charge in [-0.25, -0.2) is 0 Å². The Morgan fingerprint density at radius 2 is 1.94 bits per heavy atom. The van der Waals surface area contributed by atoms with E-state index in [4.69, 9.17) is 0 Å². The SMILES string of the molecule is CCCC1NC(CC)C(=O)N1CC(C)(C)N(C)C. The lowest BCUT2D eigenvalue weighted by atomic mass is 10.0. The molecule has 18 heavy (non-hydrogen) atoms. The molecule has 0 radical (unpaired) electrons. The van der Waals surface area contributed by atoms with Gasteiger partial charge in [-0.3, -0.25) is 10.1 Å². The van der Waals surface area contributed by atoms with Crippen LogP contribution in [-0.4, -0.2) is 54.1 Å². The summed E-state index contributed by atoms with van der Waals surface area (Å²) in [5.74, 6) is 0.269. The summed E-state index contributed by atoms with van der Waals surface area (Å²) in [7, 11) is 4.14. The van der Waals surface area contributed by atoms with Gasteiger partial charge in [0.2, 0.25) is 5.91 Å². The molecule has 1 saturated heterocycles. The molecule has 1 aliphatic rings. The molecule has 0 aromatic heterocycles. The maximum absolute atomic E-state index is 12.4. The molecule has 4 heteroatoms. The smallest absolute Gasteiger partial charge is 0.241 e. The van der Waals surface area contributed by atoms with Gasteiger partial charge in [-0.1, -0.05) is 20.3 Å². The van der Waals surface area contributed by atoms with Gasteiger partial charge in [0.05, 0.1) is 12.2 Å². The highest BCUT2D eigenvalue weighted by Gasteiger charge is 2.40. The number of nitrogens with one attached hydrogen (secondary N) is 1. The molecule has 0 aromatic carbocycles. The Labute approximate surface area is 112 Å². The van der Waals surface area contributed by atoms with Crippen LogP contribution in [0.4, 0.5) is 0 Å². The van der Waals surface area contributed by atoms with Gasteiger partial charge in [-0.15, -0.1) is 0 Å². The van der Waals surface area contributed by atoms with Crippen LogP contribution in [0.3, 0.4) is 0 Å². The quantitative estimate of drug-likeness (QED) is 0.784. The molecule has 106 valence electrons. The van der Waals surface area contributed by atoms with Crippen molar-refractivity contribution in [3.8, 4) is 0 Å². The molecule has 1 rings (SSSR count). The minimum atomic E-state index is 0.00592. The Balaban J connectivity index is 2.79. The lowest BCUT2D eigenvalue weighted by Gasteiger charge is -2.38. The van der Waals surface area contributed by atoms with E-state index in [9.17, 15) is 4.79 Å². The number of nitrogens with zero attached hydrogens (tertiary/aromatic N) is 2. The maximum Gasteiger partial charge on any atom is 0.241 e. The molecule has 1 fully saturated rings. The van der Waals surface area contributed by atoms with Gasteiger partial charge in [0.25, 0.3) is 0 Å². The summed E-state index contributed by atoms with van der Waals surface area (Å²) >= 11 is 0. The summed E-state index contributed by atoms with van der Waals surface area (Å²) in [6, 6.07) is 0.0134. The van der Waals surface area contributed by atoms with E-state index in [0.29, 0.717) is 0 Å². The van der Waals surface area contributed by atoms with Gasteiger partial charge >= 0.3 is 0 Å². The predicted molar refractivity (Wildman–Crippen MR) is 75.4 cm³/mol. The van der Waals surface area contributed by atoms with Gasteiger partial charge in [-0.2, -0.15) is 0 Å². The second-order valence-corrected chi connectivity index (χ2v) is 6.10. The zero-order chi connectivity index (χ0) is 13.9. The van der Waals surface area contributed by atoms with Crippen molar-refractivity contribution in [3.63, 3.8) is 0 Å². The Morgan fingerprint density at radius 1 is 1.33 bits per heavy atom. The third kappa shape index (κ3) is 3.23. The highest BCUT2D eigenvalue weighted by Crippen LogP contribution is 2.21. The third-order valence-electron chi connectivity index (χ3n) is 4.09. The van der Waals surface area contributed by atoms with Crippen molar-refractivity contribution in [1.82, 2.24) is 15.1 Å². The summed E-state index contributed by atoms with van der Waals surface area (Å²) in [6.07, 6.45) is 3.22. The second kappa shape index (κ2) is 6.02. The Morgan fingerprint density at radius 3 is 2.39 bits per heavy atom. The van der Waals surface area contributed by atoms with Crippen molar-refractivity contribution >= 4 is 5.91 Å². The van der Waals surface area contributed by atoms with Crippen LogP contribution in [-0.2, 0) is 4.79 Å². The van der Waals surface area contributed by atoms with Crippen LogP contribution in [0.25, 0.3) is 0 Å². The van der Waals surface area contributed by atoms with Crippen LogP contribution in [0, 0.1) is 0 Å². The molecule has 0 spiro atoms. The lowest BCUT2D eigenvalue weighted by Crippen LogP contribution is -2.51. The van der Waals surface area contributed by atoms with E-state index in [2.05, 4.69) is 52.0 Å². The highest BCUT2D eigenvalue weighted by atomic mass is 16.2. The van der Waals surface area contributed by atoms with E-state index in [1.54, 1.807) is 0 Å². The molecule has 0 saturated carbocycles. The molecule has 4 nitrogen and oxygen atoms in total. The fraction of sp³-hybridized carbons (Fsp3) is 0.929. The first kappa shape index (κ1) is 15.4. The summed E-state index contributed by atoms with van der Waals surface area (Å²) < 4.78 is 0. The number of rotatable bonds is 6. The fourth-order valence-corrected chi connectivity index (χ4v) is 2.30. The first-order valence-corrected chi connectivity index (χ1v) is 7.07. The largest absolute Gasteiger partial charge is 0.324 e. The van der Waals surface area contributed by atoms with Gasteiger partial charge in [-0.05, 0) is 40.8 Å². The molecular weight excluding hydrogens is 226 g/mol. The van der Waals surface area contributed by atoms with Gasteiger partial charge in [0.15, 0.2) is 0 Å². The Bertz CT molecular complexity index is 289. The summed E-state index contributed by atoms with van der Waals surface area (Å²) in [4.78, 5) is 16.6. The van der Waals surface area contributed by atoms with Crippen molar-refractivity contribution in [2.45, 2.75) is 64.7 Å². The van der Waals surface area contributed by atoms with Crippen LogP contribution in [0.1, 0.15) is 47.0 Å². The van der Waals surface area contributed by atoms with Gasteiger partial charge < -0.3 is 9.80 Å². The Kier molecular flexibility index (Phi) is 5.17. The maximum atomic E-state index is 12.4. The van der Waals surface area contributed by atoms with Crippen molar-refractivity contribution in [3.05, 3.63) is 0 Å². The number of carbonyl (C=O) groups is 1. The summed E-state index contributed by atoms with van der Waals surface area (Å²) in [5.41, 5.74) is 0.00592. The standard InChI is InChI=1S/C14H29N3O/c1-7-9-12-15-11(8-2)13(18)17(12)10-14(3,4)16(5)6/h11-12,15H,7-10H2,1-6H3. The van der Waals surface area contributed by atoms with Crippen molar-refractivity contribution in [2.24, 2.45) is 0 Å². The number of hydrogen-bond acceptors (Lipinski definition) is 3. The van der Waals surface area contributed by atoms with Crippen molar-refractivity contribution in [2.75, 3.05) is 20.6 Å². The zero-order valence-corrected chi connectivity index (χ0v) is 12.8. The van der Waals surface area contributed by atoms with Crippen LogP contribution in [0.15, 0.2) is 0 Å². The number of carbonyl (C=O) groups excluding carboxylic acids is 1. The minimum Gasteiger partial charge on any atom is -0.324 e. The molecule has 2 unspecified atom stereocenters. The van der Waals surface area contributed by atoms with Crippen LogP contribution in [0.5, 0.6) is 0 Å². The highest BCUT2D eigenvalue weighted by molar-refractivity contribution is 5.84. The molecule has 1 aliphatic heterocycles. The summed E-state index contributed by atoms with van der Waals surface area (Å²) in [5, 5.41) is 3.46. The predicted octanol–water partition coefficient (Wildman–Crippen LogP) is 1.66. The number of likely N-dealkylation sites (N-methyl/N-ethyl adjacent to an activating group) is 1. The average molecular weight is 255 g/mol. The topological polar surface area (TPSA) is 35.6 Å². The minimum absolute atomic E-state index is 0.00592. The van der Waals surface area contributed by atoms with Gasteiger partial charge in [0, 0.05) is 12.1 Å². The van der Waals surface area contributed by atoms with E-state index in [-0.39, 0.29) is 23.7 Å².